The van der Waals surface area contributed by atoms with Crippen LogP contribution in [0.4, 0.5) is 0 Å². The van der Waals surface area contributed by atoms with Crippen LogP contribution in [0, 0.1) is 0 Å². The second-order valence-corrected chi connectivity index (χ2v) is 7.38. The zero-order valence-corrected chi connectivity index (χ0v) is 14.0. The molecule has 6 nitrogen and oxygen atoms in total. The zero-order valence-electron chi connectivity index (χ0n) is 11.5. The third-order valence-corrected chi connectivity index (χ3v) is 6.21. The van der Waals surface area contributed by atoms with Crippen LogP contribution in [0.25, 0.3) is 11.0 Å². The summed E-state index contributed by atoms with van der Waals surface area (Å²) in [5, 5.41) is 3.24. The van der Waals surface area contributed by atoms with E-state index in [1.165, 1.54) is 4.31 Å². The summed E-state index contributed by atoms with van der Waals surface area (Å²) in [6.45, 7) is 1.71. The number of sulfonamides is 1. The van der Waals surface area contributed by atoms with E-state index in [1.807, 2.05) is 0 Å². The smallest absolute Gasteiger partial charge is 0.245 e. The van der Waals surface area contributed by atoms with Crippen LogP contribution in [0.5, 0.6) is 0 Å². The maximum Gasteiger partial charge on any atom is 0.245 e. The average molecular weight is 349 g/mol. The fraction of sp³-hybridized carbons (Fsp3) is 0.500. The summed E-state index contributed by atoms with van der Waals surface area (Å²) >= 11 is 1.04. The summed E-state index contributed by atoms with van der Waals surface area (Å²) in [4.78, 5) is 0.254. The standard InChI is InChI=1S/C12H16N4O2S2.ClH/c1-16(9-5-7-13-8-6-9)20(17,18)11-4-2-3-10-12(11)15-19-14-10;/h2-4,9,13H,5-8H2,1H3;1H. The van der Waals surface area contributed by atoms with Crippen LogP contribution in [0.1, 0.15) is 12.8 Å². The molecule has 1 aromatic heterocycles. The molecule has 0 saturated carbocycles. The van der Waals surface area contributed by atoms with Crippen LogP contribution >= 0.6 is 24.1 Å². The van der Waals surface area contributed by atoms with E-state index in [1.54, 1.807) is 25.2 Å². The Labute approximate surface area is 134 Å². The first-order chi connectivity index (χ1) is 9.60. The van der Waals surface area contributed by atoms with E-state index in [0.29, 0.717) is 11.0 Å². The molecule has 0 unspecified atom stereocenters. The Balaban J connectivity index is 0.00000161. The molecule has 0 atom stereocenters. The van der Waals surface area contributed by atoms with Crippen molar-refractivity contribution < 1.29 is 8.42 Å². The minimum atomic E-state index is -3.53. The second kappa shape index (κ2) is 6.53. The Kier molecular flexibility index (Phi) is 5.15. The molecule has 21 heavy (non-hydrogen) atoms. The molecule has 0 radical (unpaired) electrons. The maximum absolute atomic E-state index is 12.8. The van der Waals surface area contributed by atoms with Gasteiger partial charge in [-0.1, -0.05) is 6.07 Å². The van der Waals surface area contributed by atoms with Crippen molar-refractivity contribution in [2.45, 2.75) is 23.8 Å². The molecule has 0 spiro atoms. The van der Waals surface area contributed by atoms with Gasteiger partial charge in [0.1, 0.15) is 15.9 Å². The van der Waals surface area contributed by atoms with Crippen LogP contribution < -0.4 is 5.32 Å². The molecule has 1 aliphatic rings. The molecule has 1 N–H and O–H groups in total. The number of fused-ring (bicyclic) bond motifs is 1. The molecule has 0 amide bonds. The highest BCUT2D eigenvalue weighted by atomic mass is 35.5. The highest BCUT2D eigenvalue weighted by Gasteiger charge is 2.30. The van der Waals surface area contributed by atoms with Crippen LogP contribution in [-0.2, 0) is 10.0 Å². The first-order valence-corrected chi connectivity index (χ1v) is 8.68. The molecule has 2 aromatic rings. The summed E-state index contributed by atoms with van der Waals surface area (Å²) in [6.07, 6.45) is 1.67. The van der Waals surface area contributed by atoms with Gasteiger partial charge < -0.3 is 5.32 Å². The van der Waals surface area contributed by atoms with E-state index < -0.39 is 10.0 Å². The van der Waals surface area contributed by atoms with Crippen molar-refractivity contribution in [3.8, 4) is 0 Å². The van der Waals surface area contributed by atoms with E-state index >= 15 is 0 Å². The quantitative estimate of drug-likeness (QED) is 0.909. The Morgan fingerprint density at radius 3 is 2.71 bits per heavy atom. The van der Waals surface area contributed by atoms with Gasteiger partial charge in [0, 0.05) is 13.1 Å². The SMILES string of the molecule is CN(C1CCNCC1)S(=O)(=O)c1cccc2nsnc12.Cl. The molecule has 9 heteroatoms. The third-order valence-electron chi connectivity index (χ3n) is 3.73. The topological polar surface area (TPSA) is 75.2 Å². The average Bonchev–Trinajstić information content (AvgIpc) is 2.95. The highest BCUT2D eigenvalue weighted by molar-refractivity contribution is 7.89. The van der Waals surface area contributed by atoms with Crippen LogP contribution in [-0.4, -0.2) is 47.6 Å². The minimum Gasteiger partial charge on any atom is -0.317 e. The fourth-order valence-corrected chi connectivity index (χ4v) is 4.68. The minimum absolute atomic E-state index is 0. The van der Waals surface area contributed by atoms with Gasteiger partial charge in [0.25, 0.3) is 0 Å². The lowest BCUT2D eigenvalue weighted by Gasteiger charge is -2.30. The number of hydrogen-bond donors (Lipinski definition) is 1. The van der Waals surface area contributed by atoms with Gasteiger partial charge in [-0.25, -0.2) is 8.42 Å². The maximum atomic E-state index is 12.8. The largest absolute Gasteiger partial charge is 0.317 e. The molecule has 3 rings (SSSR count). The fourth-order valence-electron chi connectivity index (χ4n) is 2.51. The van der Waals surface area contributed by atoms with E-state index in [0.717, 1.165) is 37.7 Å². The lowest BCUT2D eigenvalue weighted by atomic mass is 10.1. The van der Waals surface area contributed by atoms with Gasteiger partial charge in [-0.3, -0.25) is 0 Å². The second-order valence-electron chi connectivity index (χ2n) is 4.89. The molecule has 2 heterocycles. The molecule has 116 valence electrons. The van der Waals surface area contributed by atoms with E-state index in [-0.39, 0.29) is 23.3 Å². The van der Waals surface area contributed by atoms with Gasteiger partial charge in [0.05, 0.1) is 11.7 Å². The number of benzene rings is 1. The number of aromatic nitrogens is 2. The molecule has 1 saturated heterocycles. The molecule has 1 aliphatic heterocycles. The Morgan fingerprint density at radius 2 is 2.00 bits per heavy atom. The molecule has 1 aromatic carbocycles. The number of halogens is 1. The van der Waals surface area contributed by atoms with E-state index in [4.69, 9.17) is 0 Å². The predicted octanol–water partition coefficient (Wildman–Crippen LogP) is 1.49. The van der Waals surface area contributed by atoms with Crippen molar-refractivity contribution in [2.24, 2.45) is 0 Å². The molecule has 0 bridgehead atoms. The number of hydrogen-bond acceptors (Lipinski definition) is 6. The number of rotatable bonds is 3. The Bertz CT molecular complexity index is 713. The Morgan fingerprint density at radius 1 is 1.29 bits per heavy atom. The van der Waals surface area contributed by atoms with Crippen molar-refractivity contribution in [1.82, 2.24) is 18.4 Å². The van der Waals surface area contributed by atoms with Gasteiger partial charge in [-0.05, 0) is 38.1 Å². The zero-order chi connectivity index (χ0) is 14.2. The van der Waals surface area contributed by atoms with Crippen molar-refractivity contribution in [1.29, 1.82) is 0 Å². The summed E-state index contributed by atoms with van der Waals surface area (Å²) in [7, 11) is -1.87. The van der Waals surface area contributed by atoms with Crippen molar-refractivity contribution in [3.63, 3.8) is 0 Å². The van der Waals surface area contributed by atoms with Crippen LogP contribution in [0.3, 0.4) is 0 Å². The van der Waals surface area contributed by atoms with Crippen LogP contribution in [0.15, 0.2) is 23.1 Å². The van der Waals surface area contributed by atoms with Gasteiger partial charge in [-0.2, -0.15) is 13.1 Å². The molecule has 0 aliphatic carbocycles. The van der Waals surface area contributed by atoms with Crippen LogP contribution in [0.2, 0.25) is 0 Å². The lowest BCUT2D eigenvalue weighted by Crippen LogP contribution is -2.43. The normalized spacial score (nSPS) is 17.0. The Hall–Kier alpha value is -0.800. The number of nitrogens with zero attached hydrogens (tertiary/aromatic N) is 3. The van der Waals surface area contributed by atoms with E-state index in [9.17, 15) is 8.42 Å². The lowest BCUT2D eigenvalue weighted by molar-refractivity contribution is 0.296. The third kappa shape index (κ3) is 3.04. The van der Waals surface area contributed by atoms with Crippen molar-refractivity contribution >= 4 is 45.2 Å². The van der Waals surface area contributed by atoms with Gasteiger partial charge in [-0.15, -0.1) is 12.4 Å². The van der Waals surface area contributed by atoms with E-state index in [2.05, 4.69) is 14.1 Å². The van der Waals surface area contributed by atoms with Gasteiger partial charge in [0.2, 0.25) is 10.0 Å². The summed E-state index contributed by atoms with van der Waals surface area (Å²) in [6, 6.07) is 5.15. The molecule has 1 fully saturated rings. The first kappa shape index (κ1) is 16.6. The summed E-state index contributed by atoms with van der Waals surface area (Å²) in [5.41, 5.74) is 1.10. The molecular formula is C12H17ClN4O2S2. The number of nitrogens with one attached hydrogen (secondary N) is 1. The number of piperidine rings is 1. The van der Waals surface area contributed by atoms with Crippen molar-refractivity contribution in [2.75, 3.05) is 20.1 Å². The summed E-state index contributed by atoms with van der Waals surface area (Å²) in [5.74, 6) is 0. The monoisotopic (exact) mass is 348 g/mol. The highest BCUT2D eigenvalue weighted by Crippen LogP contribution is 2.26. The van der Waals surface area contributed by atoms with Crippen molar-refractivity contribution in [3.05, 3.63) is 18.2 Å². The summed E-state index contributed by atoms with van der Waals surface area (Å²) < 4.78 is 35.3. The van der Waals surface area contributed by atoms with Gasteiger partial charge in [0.15, 0.2) is 0 Å². The van der Waals surface area contributed by atoms with Gasteiger partial charge >= 0.3 is 0 Å². The predicted molar refractivity (Wildman–Crippen MR) is 85.5 cm³/mol. The first-order valence-electron chi connectivity index (χ1n) is 6.51. The molecular weight excluding hydrogens is 332 g/mol.